The van der Waals surface area contributed by atoms with E-state index >= 15 is 0 Å². The van der Waals surface area contributed by atoms with Crippen LogP contribution in [0, 0.1) is 5.92 Å². The van der Waals surface area contributed by atoms with Crippen LogP contribution >= 0.6 is 0 Å². The van der Waals surface area contributed by atoms with Crippen molar-refractivity contribution < 1.29 is 13.2 Å². The third kappa shape index (κ3) is 3.31. The maximum Gasteiger partial charge on any atom is 0.156 e. The summed E-state index contributed by atoms with van der Waals surface area (Å²) in [5, 5.41) is 3.18. The summed E-state index contributed by atoms with van der Waals surface area (Å²) in [4.78, 5) is 0. The smallest absolute Gasteiger partial charge is 0.156 e. The highest BCUT2D eigenvalue weighted by Gasteiger charge is 2.44. The van der Waals surface area contributed by atoms with Gasteiger partial charge in [0.1, 0.15) is 0 Å². The molecule has 0 aromatic carbocycles. The molecule has 2 rings (SSSR count). The average Bonchev–Trinajstić information content (AvgIpc) is 2.79. The molecular formula is C14H27NO3S. The van der Waals surface area contributed by atoms with E-state index in [0.29, 0.717) is 32.1 Å². The minimum Gasteiger partial charge on any atom is -0.381 e. The molecule has 1 N–H and O–H groups in total. The molecule has 0 aromatic heterocycles. The van der Waals surface area contributed by atoms with Crippen LogP contribution in [-0.4, -0.2) is 44.7 Å². The molecule has 2 fully saturated rings. The molecule has 1 aliphatic heterocycles. The Labute approximate surface area is 117 Å². The highest BCUT2D eigenvalue weighted by atomic mass is 32.2. The van der Waals surface area contributed by atoms with Crippen molar-refractivity contribution in [2.75, 3.05) is 19.8 Å². The fourth-order valence-corrected chi connectivity index (χ4v) is 6.06. The minimum atomic E-state index is -2.99. The monoisotopic (exact) mass is 289 g/mol. The maximum atomic E-state index is 12.7. The number of hydrogen-bond donors (Lipinski definition) is 1. The van der Waals surface area contributed by atoms with Gasteiger partial charge >= 0.3 is 0 Å². The van der Waals surface area contributed by atoms with Gasteiger partial charge in [0.25, 0.3) is 0 Å². The molecule has 3 unspecified atom stereocenters. The van der Waals surface area contributed by atoms with Gasteiger partial charge in [0, 0.05) is 19.3 Å². The molecule has 0 aromatic rings. The van der Waals surface area contributed by atoms with Gasteiger partial charge in [-0.3, -0.25) is 0 Å². The Morgan fingerprint density at radius 3 is 2.47 bits per heavy atom. The molecule has 19 heavy (non-hydrogen) atoms. The minimum absolute atomic E-state index is 0.148. The maximum absolute atomic E-state index is 12.7. The van der Waals surface area contributed by atoms with E-state index in [1.54, 1.807) is 0 Å². The van der Waals surface area contributed by atoms with E-state index < -0.39 is 9.84 Å². The normalized spacial score (nSPS) is 33.7. The lowest BCUT2D eigenvalue weighted by atomic mass is 10.1. The summed E-state index contributed by atoms with van der Waals surface area (Å²) < 4.78 is 30.8. The number of sulfone groups is 1. The van der Waals surface area contributed by atoms with Crippen molar-refractivity contribution in [1.29, 1.82) is 0 Å². The summed E-state index contributed by atoms with van der Waals surface area (Å²) in [6.45, 7) is 6.43. The molecule has 0 bridgehead atoms. The first-order chi connectivity index (χ1) is 9.07. The quantitative estimate of drug-likeness (QED) is 0.838. The fraction of sp³-hybridized carbons (Fsp3) is 1.00. The fourth-order valence-electron chi connectivity index (χ4n) is 3.46. The van der Waals surface area contributed by atoms with Gasteiger partial charge in [0.05, 0.1) is 10.5 Å². The van der Waals surface area contributed by atoms with Crippen LogP contribution in [0.5, 0.6) is 0 Å². The Kier molecular flexibility index (Phi) is 5.26. The Bertz CT molecular complexity index is 376. The predicted octanol–water partition coefficient (Wildman–Crippen LogP) is 1.75. The average molecular weight is 289 g/mol. The molecule has 1 saturated carbocycles. The predicted molar refractivity (Wildman–Crippen MR) is 77.0 cm³/mol. The van der Waals surface area contributed by atoms with E-state index in [2.05, 4.69) is 19.2 Å². The van der Waals surface area contributed by atoms with Crippen molar-refractivity contribution >= 4 is 9.84 Å². The van der Waals surface area contributed by atoms with Crippen molar-refractivity contribution in [3.63, 3.8) is 0 Å². The number of rotatable bonds is 5. The second kappa shape index (κ2) is 6.55. The van der Waals surface area contributed by atoms with Crippen LogP contribution in [0.1, 0.15) is 46.0 Å². The SMILES string of the molecule is CCCNC1CCC(S(=O)(=O)C2CCOCC2)C1C. The van der Waals surface area contributed by atoms with Gasteiger partial charge in [0.15, 0.2) is 9.84 Å². The zero-order chi connectivity index (χ0) is 13.9. The molecule has 0 amide bonds. The largest absolute Gasteiger partial charge is 0.381 e. The van der Waals surface area contributed by atoms with Crippen molar-refractivity contribution in [2.24, 2.45) is 5.92 Å². The van der Waals surface area contributed by atoms with Crippen LogP contribution in [0.15, 0.2) is 0 Å². The lowest BCUT2D eigenvalue weighted by molar-refractivity contribution is 0.0981. The Morgan fingerprint density at radius 2 is 1.84 bits per heavy atom. The first-order valence-electron chi connectivity index (χ1n) is 7.61. The number of hydrogen-bond acceptors (Lipinski definition) is 4. The summed E-state index contributed by atoms with van der Waals surface area (Å²) in [5.41, 5.74) is 0. The summed E-state index contributed by atoms with van der Waals surface area (Å²) >= 11 is 0. The van der Waals surface area contributed by atoms with E-state index in [9.17, 15) is 8.42 Å². The van der Waals surface area contributed by atoms with Crippen molar-refractivity contribution in [3.05, 3.63) is 0 Å². The Hall–Kier alpha value is -0.130. The van der Waals surface area contributed by atoms with E-state index in [1.807, 2.05) is 0 Å². The van der Waals surface area contributed by atoms with Crippen LogP contribution in [0.2, 0.25) is 0 Å². The summed E-state index contributed by atoms with van der Waals surface area (Å²) in [5.74, 6) is 0.236. The standard InChI is InChI=1S/C14H27NO3S/c1-3-8-15-13-4-5-14(11(13)2)19(16,17)12-6-9-18-10-7-12/h11-15H,3-10H2,1-2H3. The van der Waals surface area contributed by atoms with Crippen LogP contribution in [-0.2, 0) is 14.6 Å². The molecule has 1 aliphatic carbocycles. The van der Waals surface area contributed by atoms with Crippen LogP contribution in [0.4, 0.5) is 0 Å². The van der Waals surface area contributed by atoms with Gasteiger partial charge in [-0.25, -0.2) is 8.42 Å². The van der Waals surface area contributed by atoms with Crippen molar-refractivity contribution in [1.82, 2.24) is 5.32 Å². The lowest BCUT2D eigenvalue weighted by Crippen LogP contribution is -2.41. The first-order valence-corrected chi connectivity index (χ1v) is 9.22. The molecule has 1 heterocycles. The molecule has 0 radical (unpaired) electrons. The van der Waals surface area contributed by atoms with E-state index in [-0.39, 0.29) is 16.4 Å². The lowest BCUT2D eigenvalue weighted by Gasteiger charge is -2.28. The molecule has 3 atom stereocenters. The van der Waals surface area contributed by atoms with E-state index in [1.165, 1.54) is 0 Å². The Morgan fingerprint density at radius 1 is 1.16 bits per heavy atom. The van der Waals surface area contributed by atoms with Crippen molar-refractivity contribution in [2.45, 2.75) is 62.5 Å². The second-order valence-corrected chi connectivity index (χ2v) is 8.39. The van der Waals surface area contributed by atoms with Gasteiger partial charge in [-0.05, 0) is 44.6 Å². The highest BCUT2D eigenvalue weighted by Crippen LogP contribution is 2.35. The van der Waals surface area contributed by atoms with Gasteiger partial charge < -0.3 is 10.1 Å². The highest BCUT2D eigenvalue weighted by molar-refractivity contribution is 7.92. The molecule has 0 spiro atoms. The molecule has 112 valence electrons. The summed E-state index contributed by atoms with van der Waals surface area (Å²) in [6, 6.07) is 0.375. The number of nitrogens with one attached hydrogen (secondary N) is 1. The van der Waals surface area contributed by atoms with Crippen molar-refractivity contribution in [3.8, 4) is 0 Å². The van der Waals surface area contributed by atoms with Crippen LogP contribution in [0.25, 0.3) is 0 Å². The molecule has 4 nitrogen and oxygen atoms in total. The van der Waals surface area contributed by atoms with Crippen LogP contribution in [0.3, 0.4) is 0 Å². The van der Waals surface area contributed by atoms with E-state index in [4.69, 9.17) is 4.74 Å². The topological polar surface area (TPSA) is 55.4 Å². The molecular weight excluding hydrogens is 262 g/mol. The third-order valence-corrected chi connectivity index (χ3v) is 7.60. The summed E-state index contributed by atoms with van der Waals surface area (Å²) in [7, 11) is -2.99. The molecule has 5 heteroatoms. The number of ether oxygens (including phenoxy) is 1. The van der Waals surface area contributed by atoms with Gasteiger partial charge in [-0.2, -0.15) is 0 Å². The van der Waals surface area contributed by atoms with Gasteiger partial charge in [0.2, 0.25) is 0 Å². The van der Waals surface area contributed by atoms with Gasteiger partial charge in [-0.15, -0.1) is 0 Å². The van der Waals surface area contributed by atoms with Gasteiger partial charge in [-0.1, -0.05) is 13.8 Å². The molecule has 1 saturated heterocycles. The van der Waals surface area contributed by atoms with Crippen LogP contribution < -0.4 is 5.32 Å². The zero-order valence-electron chi connectivity index (χ0n) is 12.1. The summed E-state index contributed by atoms with van der Waals surface area (Å²) in [6.07, 6.45) is 4.27. The first kappa shape index (κ1) is 15.3. The Balaban J connectivity index is 2.00. The zero-order valence-corrected chi connectivity index (χ0v) is 12.9. The van der Waals surface area contributed by atoms with E-state index in [0.717, 1.165) is 25.8 Å². The second-order valence-electron chi connectivity index (χ2n) is 5.94. The molecule has 2 aliphatic rings. The third-order valence-electron chi connectivity index (χ3n) is 4.69.